The molecule has 2 aromatic rings. The first kappa shape index (κ1) is 18.4. The molecule has 1 saturated heterocycles. The van der Waals surface area contributed by atoms with Gasteiger partial charge in [0.05, 0.1) is 12.2 Å². The molecule has 0 spiro atoms. The SMILES string of the molecule is CC(CNC(=O)c1cn(C2CCNCC2)nn1)c1ccccc1.Cl. The maximum atomic E-state index is 12.2. The van der Waals surface area contributed by atoms with E-state index in [4.69, 9.17) is 0 Å². The van der Waals surface area contributed by atoms with E-state index in [0.29, 0.717) is 18.3 Å². The molecule has 130 valence electrons. The number of aromatic nitrogens is 3. The molecule has 1 aromatic heterocycles. The van der Waals surface area contributed by atoms with Crippen molar-refractivity contribution in [1.29, 1.82) is 0 Å². The summed E-state index contributed by atoms with van der Waals surface area (Å²) in [6.45, 7) is 4.66. The van der Waals surface area contributed by atoms with E-state index in [-0.39, 0.29) is 24.2 Å². The van der Waals surface area contributed by atoms with Crippen LogP contribution in [0.3, 0.4) is 0 Å². The summed E-state index contributed by atoms with van der Waals surface area (Å²) in [5.41, 5.74) is 1.61. The second kappa shape index (κ2) is 8.80. The molecule has 2 heterocycles. The van der Waals surface area contributed by atoms with Crippen molar-refractivity contribution in [3.8, 4) is 0 Å². The number of carbonyl (C=O) groups excluding carboxylic acids is 1. The van der Waals surface area contributed by atoms with Crippen molar-refractivity contribution in [2.75, 3.05) is 19.6 Å². The summed E-state index contributed by atoms with van der Waals surface area (Å²) in [5.74, 6) is 0.104. The minimum Gasteiger partial charge on any atom is -0.350 e. The maximum absolute atomic E-state index is 12.2. The number of nitrogens with zero attached hydrogens (tertiary/aromatic N) is 3. The molecule has 0 radical (unpaired) electrons. The van der Waals surface area contributed by atoms with E-state index >= 15 is 0 Å². The summed E-state index contributed by atoms with van der Waals surface area (Å²) in [6, 6.07) is 10.5. The van der Waals surface area contributed by atoms with Crippen molar-refractivity contribution in [3.05, 3.63) is 47.8 Å². The van der Waals surface area contributed by atoms with Gasteiger partial charge in [-0.25, -0.2) is 4.68 Å². The number of piperidine rings is 1. The Kier molecular flexibility index (Phi) is 6.75. The average Bonchev–Trinajstić information content (AvgIpc) is 3.11. The maximum Gasteiger partial charge on any atom is 0.273 e. The standard InChI is InChI=1S/C17H23N5O.ClH/c1-13(14-5-3-2-4-6-14)11-19-17(23)16-12-22(21-20-16)15-7-9-18-10-8-15;/h2-6,12-13,15,18H,7-11H2,1H3,(H,19,23);1H. The first-order valence-corrected chi connectivity index (χ1v) is 8.19. The third kappa shape index (κ3) is 4.55. The van der Waals surface area contributed by atoms with E-state index in [1.807, 2.05) is 22.9 Å². The largest absolute Gasteiger partial charge is 0.350 e. The highest BCUT2D eigenvalue weighted by Gasteiger charge is 2.19. The molecule has 24 heavy (non-hydrogen) atoms. The Morgan fingerprint density at radius 2 is 2.04 bits per heavy atom. The van der Waals surface area contributed by atoms with Gasteiger partial charge in [0.2, 0.25) is 0 Å². The minimum absolute atomic E-state index is 0. The lowest BCUT2D eigenvalue weighted by Crippen LogP contribution is -2.29. The molecule has 1 fully saturated rings. The zero-order valence-corrected chi connectivity index (χ0v) is 14.6. The summed E-state index contributed by atoms with van der Waals surface area (Å²) < 4.78 is 1.83. The third-order valence-electron chi connectivity index (χ3n) is 4.36. The summed E-state index contributed by atoms with van der Waals surface area (Å²) in [6.07, 6.45) is 3.81. The fourth-order valence-electron chi connectivity index (χ4n) is 2.87. The number of nitrogens with one attached hydrogen (secondary N) is 2. The Balaban J connectivity index is 0.00000208. The molecule has 0 aliphatic carbocycles. The summed E-state index contributed by atoms with van der Waals surface area (Å²) in [4.78, 5) is 12.2. The molecule has 7 heteroatoms. The molecule has 1 unspecified atom stereocenters. The number of amides is 1. The number of hydrogen-bond acceptors (Lipinski definition) is 4. The summed E-state index contributed by atoms with van der Waals surface area (Å²) in [5, 5.41) is 14.4. The topological polar surface area (TPSA) is 71.8 Å². The number of halogens is 1. The van der Waals surface area contributed by atoms with E-state index in [2.05, 4.69) is 40.0 Å². The fourth-order valence-corrected chi connectivity index (χ4v) is 2.87. The van der Waals surface area contributed by atoms with Gasteiger partial charge >= 0.3 is 0 Å². The lowest BCUT2D eigenvalue weighted by atomic mass is 10.0. The van der Waals surface area contributed by atoms with Gasteiger partial charge in [0.1, 0.15) is 0 Å². The molecular formula is C17H24ClN5O. The predicted octanol–water partition coefficient (Wildman–Crippen LogP) is 2.16. The zero-order chi connectivity index (χ0) is 16.1. The molecule has 2 N–H and O–H groups in total. The fraction of sp³-hybridized carbons (Fsp3) is 0.471. The predicted molar refractivity (Wildman–Crippen MR) is 95.6 cm³/mol. The molecule has 0 bridgehead atoms. The Labute approximate surface area is 148 Å². The molecule has 3 rings (SSSR count). The van der Waals surface area contributed by atoms with E-state index in [9.17, 15) is 4.79 Å². The summed E-state index contributed by atoms with van der Waals surface area (Å²) in [7, 11) is 0. The van der Waals surface area contributed by atoms with Crippen LogP contribution < -0.4 is 10.6 Å². The highest BCUT2D eigenvalue weighted by atomic mass is 35.5. The number of rotatable bonds is 5. The van der Waals surface area contributed by atoms with Crippen LogP contribution in [0.25, 0.3) is 0 Å². The minimum atomic E-state index is -0.159. The second-order valence-corrected chi connectivity index (χ2v) is 6.09. The zero-order valence-electron chi connectivity index (χ0n) is 13.8. The molecule has 0 saturated carbocycles. The van der Waals surface area contributed by atoms with Gasteiger partial charge in [0.15, 0.2) is 5.69 Å². The van der Waals surface area contributed by atoms with Gasteiger partial charge < -0.3 is 10.6 Å². The molecule has 6 nitrogen and oxygen atoms in total. The Morgan fingerprint density at radius 3 is 2.75 bits per heavy atom. The highest BCUT2D eigenvalue weighted by Crippen LogP contribution is 2.17. The number of hydrogen-bond donors (Lipinski definition) is 2. The van der Waals surface area contributed by atoms with Crippen LogP contribution in [0.4, 0.5) is 0 Å². The molecular weight excluding hydrogens is 326 g/mol. The Hall–Kier alpha value is -1.92. The van der Waals surface area contributed by atoms with Crippen molar-refractivity contribution < 1.29 is 4.79 Å². The molecule has 1 aliphatic heterocycles. The lowest BCUT2D eigenvalue weighted by Gasteiger charge is -2.22. The highest BCUT2D eigenvalue weighted by molar-refractivity contribution is 5.91. The van der Waals surface area contributed by atoms with Crippen molar-refractivity contribution in [3.63, 3.8) is 0 Å². The Bertz CT molecular complexity index is 639. The second-order valence-electron chi connectivity index (χ2n) is 6.09. The van der Waals surface area contributed by atoms with E-state index in [1.165, 1.54) is 5.56 Å². The van der Waals surface area contributed by atoms with Crippen LogP contribution in [0.1, 0.15) is 47.8 Å². The van der Waals surface area contributed by atoms with Crippen LogP contribution in [0.5, 0.6) is 0 Å². The van der Waals surface area contributed by atoms with Crippen LogP contribution in [0.2, 0.25) is 0 Å². The molecule has 1 amide bonds. The molecule has 1 aliphatic rings. The van der Waals surface area contributed by atoms with Crippen LogP contribution in [0, 0.1) is 0 Å². The monoisotopic (exact) mass is 349 g/mol. The van der Waals surface area contributed by atoms with Crippen LogP contribution in [-0.2, 0) is 0 Å². The first-order valence-electron chi connectivity index (χ1n) is 8.19. The summed E-state index contributed by atoms with van der Waals surface area (Å²) >= 11 is 0. The third-order valence-corrected chi connectivity index (χ3v) is 4.36. The van der Waals surface area contributed by atoms with Crippen LogP contribution in [-0.4, -0.2) is 40.5 Å². The van der Waals surface area contributed by atoms with Gasteiger partial charge in [-0.2, -0.15) is 0 Å². The van der Waals surface area contributed by atoms with Crippen molar-refractivity contribution in [2.45, 2.75) is 31.7 Å². The van der Waals surface area contributed by atoms with Gasteiger partial charge in [-0.15, -0.1) is 17.5 Å². The van der Waals surface area contributed by atoms with Crippen molar-refractivity contribution >= 4 is 18.3 Å². The normalized spacial score (nSPS) is 16.2. The van der Waals surface area contributed by atoms with Gasteiger partial charge in [0, 0.05) is 6.54 Å². The average molecular weight is 350 g/mol. The van der Waals surface area contributed by atoms with E-state index in [0.717, 1.165) is 25.9 Å². The molecule has 1 atom stereocenters. The van der Waals surface area contributed by atoms with Crippen LogP contribution in [0.15, 0.2) is 36.5 Å². The van der Waals surface area contributed by atoms with Gasteiger partial charge in [-0.3, -0.25) is 4.79 Å². The van der Waals surface area contributed by atoms with E-state index < -0.39 is 0 Å². The van der Waals surface area contributed by atoms with Gasteiger partial charge in [-0.05, 0) is 37.4 Å². The van der Waals surface area contributed by atoms with Crippen LogP contribution >= 0.6 is 12.4 Å². The number of benzene rings is 1. The van der Waals surface area contributed by atoms with Gasteiger partial charge in [-0.1, -0.05) is 42.5 Å². The smallest absolute Gasteiger partial charge is 0.273 e. The van der Waals surface area contributed by atoms with Crippen molar-refractivity contribution in [1.82, 2.24) is 25.6 Å². The molecule has 1 aromatic carbocycles. The Morgan fingerprint density at radius 1 is 1.33 bits per heavy atom. The van der Waals surface area contributed by atoms with E-state index in [1.54, 1.807) is 6.20 Å². The van der Waals surface area contributed by atoms with Gasteiger partial charge in [0.25, 0.3) is 5.91 Å². The number of carbonyl (C=O) groups is 1. The van der Waals surface area contributed by atoms with Crippen molar-refractivity contribution in [2.24, 2.45) is 0 Å². The first-order chi connectivity index (χ1) is 11.2. The lowest BCUT2D eigenvalue weighted by molar-refractivity contribution is 0.0946. The quantitative estimate of drug-likeness (QED) is 0.867.